The summed E-state index contributed by atoms with van der Waals surface area (Å²) in [6, 6.07) is 0. The summed E-state index contributed by atoms with van der Waals surface area (Å²) in [5.74, 6) is 0. The summed E-state index contributed by atoms with van der Waals surface area (Å²) in [6.07, 6.45) is 14.0. The molecule has 1 rings (SSSR count). The number of allylic oxidation sites excluding steroid dienone is 4. The molecule has 0 fully saturated rings. The Hall–Kier alpha value is 0.0894. The normalized spacial score (nSPS) is 22.1. The van der Waals surface area contributed by atoms with E-state index in [9.17, 15) is 0 Å². The second-order valence-electron chi connectivity index (χ2n) is 2.28. The van der Waals surface area contributed by atoms with Gasteiger partial charge in [0.15, 0.2) is 0 Å². The van der Waals surface area contributed by atoms with Crippen LogP contribution in [0.25, 0.3) is 0 Å². The fourth-order valence-electron chi connectivity index (χ4n) is 0.874. The van der Waals surface area contributed by atoms with Gasteiger partial charge in [-0.1, -0.05) is 24.3 Å². The van der Waals surface area contributed by atoms with Gasteiger partial charge in [0, 0.05) is 0 Å². The van der Waals surface area contributed by atoms with E-state index >= 15 is 0 Å². The van der Waals surface area contributed by atoms with E-state index in [1.54, 1.807) is 26.4 Å². The van der Waals surface area contributed by atoms with Gasteiger partial charge in [0.25, 0.3) is 0 Å². The van der Waals surface area contributed by atoms with Crippen LogP contribution in [-0.4, -0.2) is 7.11 Å². The van der Waals surface area contributed by atoms with E-state index in [0.717, 1.165) is 0 Å². The predicted molar refractivity (Wildman–Crippen MR) is 43.8 cm³/mol. The summed E-state index contributed by atoms with van der Waals surface area (Å²) in [6.45, 7) is 0. The number of rotatable bonds is 0. The van der Waals surface area contributed by atoms with Crippen LogP contribution < -0.4 is 0 Å². The van der Waals surface area contributed by atoms with Crippen molar-refractivity contribution in [3.05, 3.63) is 24.3 Å². The molecule has 0 unspecified atom stereocenters. The van der Waals surface area contributed by atoms with Crippen LogP contribution >= 0.6 is 0 Å². The molecule has 0 bridgehead atoms. The van der Waals surface area contributed by atoms with Crippen LogP contribution in [0.2, 0.25) is 0 Å². The van der Waals surface area contributed by atoms with Gasteiger partial charge >= 0.3 is 29.9 Å². The first-order valence-electron chi connectivity index (χ1n) is 3.86. The van der Waals surface area contributed by atoms with Crippen LogP contribution in [0.1, 0.15) is 25.7 Å². The molecule has 0 aromatic heterocycles. The molecular weight excluding hydrogens is 316 g/mol. The van der Waals surface area contributed by atoms with E-state index in [1.807, 2.05) is 0 Å². The maximum atomic E-state index is 4.25. The van der Waals surface area contributed by atoms with Crippen LogP contribution in [0.3, 0.4) is 0 Å². The Kier molecular flexibility index (Phi) is 10.2. The van der Waals surface area contributed by atoms with E-state index in [0.29, 0.717) is 0 Å². The standard InChI is InChI=1S/C8H12.CH3O.Ir/c1-2-4-6-8-7-5-3-1;1-2;/h1-4H,5-8H2;1H3;/q;-1;+1/b3-1-,4-2-;;. The summed E-state index contributed by atoms with van der Waals surface area (Å²) in [7, 11) is 1.62. The minimum absolute atomic E-state index is 1.27. The third kappa shape index (κ3) is 10.1. The van der Waals surface area contributed by atoms with Crippen molar-refractivity contribution >= 4 is 0 Å². The van der Waals surface area contributed by atoms with Crippen LogP contribution in [-0.2, 0) is 22.8 Å². The van der Waals surface area contributed by atoms with Crippen LogP contribution in [0.5, 0.6) is 0 Å². The molecule has 11 heavy (non-hydrogen) atoms. The molecule has 0 aromatic rings. The van der Waals surface area contributed by atoms with Crippen LogP contribution in [0.15, 0.2) is 24.3 Å². The second kappa shape index (κ2) is 10.1. The molecule has 0 saturated heterocycles. The Labute approximate surface area is 80.1 Å². The molecule has 66 valence electrons. The molecule has 1 nitrogen and oxygen atoms in total. The van der Waals surface area contributed by atoms with Crippen molar-refractivity contribution in [1.29, 1.82) is 0 Å². The Morgan fingerprint density at radius 3 is 1.82 bits per heavy atom. The summed E-state index contributed by atoms with van der Waals surface area (Å²) in [4.78, 5) is 0. The third-order valence-electron chi connectivity index (χ3n) is 1.37. The number of hydrogen-bond acceptors (Lipinski definition) is 1. The second-order valence-corrected chi connectivity index (χ2v) is 3.25. The van der Waals surface area contributed by atoms with E-state index < -0.39 is 0 Å². The molecule has 0 radical (unpaired) electrons. The van der Waals surface area contributed by atoms with Gasteiger partial charge in [0.1, 0.15) is 0 Å². The molecule has 0 spiro atoms. The van der Waals surface area contributed by atoms with Gasteiger partial charge in [-0.25, -0.2) is 0 Å². The van der Waals surface area contributed by atoms with Crippen LogP contribution in [0.4, 0.5) is 0 Å². The number of hydrogen-bond donors (Lipinski definition) is 0. The molecule has 0 aliphatic heterocycles. The van der Waals surface area contributed by atoms with Crippen molar-refractivity contribution in [2.45, 2.75) is 25.7 Å². The molecule has 0 amide bonds. The van der Waals surface area contributed by atoms with Gasteiger partial charge in [-0.15, -0.1) is 0 Å². The van der Waals surface area contributed by atoms with Gasteiger partial charge < -0.3 is 0 Å². The monoisotopic (exact) mass is 332 g/mol. The van der Waals surface area contributed by atoms with Gasteiger partial charge in [-0.3, -0.25) is 0 Å². The van der Waals surface area contributed by atoms with Crippen molar-refractivity contribution in [2.75, 3.05) is 7.11 Å². The molecule has 0 atom stereocenters. The SMILES string of the molecule is C1=C\CCCC\C=C/1.C[O][Ir]. The molecule has 0 aromatic carbocycles. The Bertz CT molecular complexity index is 105. The van der Waals surface area contributed by atoms with Crippen molar-refractivity contribution in [1.82, 2.24) is 0 Å². The van der Waals surface area contributed by atoms with E-state index in [1.165, 1.54) is 25.7 Å². The Morgan fingerprint density at radius 2 is 1.45 bits per heavy atom. The summed E-state index contributed by atoms with van der Waals surface area (Å²) in [5.41, 5.74) is 0. The Balaban J connectivity index is 0.000000292. The summed E-state index contributed by atoms with van der Waals surface area (Å²) in [5, 5.41) is 0. The zero-order chi connectivity index (χ0) is 8.36. The molecular formula is C9H15IrO. The van der Waals surface area contributed by atoms with E-state index in [2.05, 4.69) is 27.8 Å². The van der Waals surface area contributed by atoms with Crippen molar-refractivity contribution in [2.24, 2.45) is 0 Å². The Morgan fingerprint density at radius 1 is 1.09 bits per heavy atom. The first kappa shape index (κ1) is 11.1. The molecule has 1 aliphatic rings. The fourth-order valence-corrected chi connectivity index (χ4v) is 0.874. The van der Waals surface area contributed by atoms with Crippen LogP contribution in [0, 0.1) is 0 Å². The zero-order valence-corrected chi connectivity index (χ0v) is 9.27. The third-order valence-corrected chi connectivity index (χ3v) is 1.37. The van der Waals surface area contributed by atoms with Gasteiger partial charge in [-0.2, -0.15) is 0 Å². The molecule has 1 aliphatic carbocycles. The quantitative estimate of drug-likeness (QED) is 0.663. The average Bonchev–Trinajstić information content (AvgIpc) is 1.86. The molecule has 2 heteroatoms. The van der Waals surface area contributed by atoms with Gasteiger partial charge in [-0.05, 0) is 25.7 Å². The van der Waals surface area contributed by atoms with Crippen molar-refractivity contribution in [3.63, 3.8) is 0 Å². The van der Waals surface area contributed by atoms with Gasteiger partial charge in [0.2, 0.25) is 0 Å². The fraction of sp³-hybridized carbons (Fsp3) is 0.556. The predicted octanol–water partition coefficient (Wildman–Crippen LogP) is 2.77. The maximum absolute atomic E-state index is 4.25. The van der Waals surface area contributed by atoms with Crippen molar-refractivity contribution in [3.8, 4) is 0 Å². The van der Waals surface area contributed by atoms with Crippen molar-refractivity contribution < 1.29 is 22.8 Å². The first-order valence-corrected chi connectivity index (χ1v) is 4.84. The van der Waals surface area contributed by atoms with E-state index in [-0.39, 0.29) is 0 Å². The van der Waals surface area contributed by atoms with E-state index in [4.69, 9.17) is 0 Å². The molecule has 0 heterocycles. The first-order chi connectivity index (χ1) is 5.41. The molecule has 0 saturated carbocycles. The average molecular weight is 331 g/mol. The van der Waals surface area contributed by atoms with Gasteiger partial charge in [0.05, 0.1) is 0 Å². The zero-order valence-electron chi connectivity index (χ0n) is 6.88. The summed E-state index contributed by atoms with van der Waals surface area (Å²) >= 11 is 1.62. The topological polar surface area (TPSA) is 9.23 Å². The summed E-state index contributed by atoms with van der Waals surface area (Å²) < 4.78 is 4.25. The molecule has 0 N–H and O–H groups in total. The minimum atomic E-state index is 1.27.